The van der Waals surface area contributed by atoms with Gasteiger partial charge in [-0.15, -0.1) is 0 Å². The van der Waals surface area contributed by atoms with Crippen LogP contribution < -0.4 is 0 Å². The molecule has 0 saturated heterocycles. The molecule has 0 atom stereocenters. The van der Waals surface area contributed by atoms with Gasteiger partial charge in [0.15, 0.2) is 6.29 Å². The van der Waals surface area contributed by atoms with E-state index in [9.17, 15) is 4.79 Å². The van der Waals surface area contributed by atoms with Crippen LogP contribution in [0.1, 0.15) is 34.8 Å². The van der Waals surface area contributed by atoms with Gasteiger partial charge in [-0.05, 0) is 12.8 Å². The number of carbonyl (C=O) groups excluding carboxylic acids is 1. The first-order chi connectivity index (χ1) is 5.31. The number of carbonyl (C=O) groups is 1. The van der Waals surface area contributed by atoms with Crippen molar-refractivity contribution in [3.8, 4) is 0 Å². The molecule has 1 aromatic heterocycles. The van der Waals surface area contributed by atoms with Crippen molar-refractivity contribution in [2.45, 2.75) is 18.8 Å². The van der Waals surface area contributed by atoms with Gasteiger partial charge in [0.1, 0.15) is 0 Å². The van der Waals surface area contributed by atoms with E-state index in [0.717, 1.165) is 17.5 Å². The predicted octanol–water partition coefficient (Wildman–Crippen LogP) is 1.11. The van der Waals surface area contributed by atoms with Gasteiger partial charge in [0, 0.05) is 19.2 Å². The number of aromatic nitrogens is 2. The highest BCUT2D eigenvalue weighted by Crippen LogP contribution is 2.40. The third kappa shape index (κ3) is 1.06. The molecule has 1 saturated carbocycles. The lowest BCUT2D eigenvalue weighted by Crippen LogP contribution is -1.89. The Bertz CT molecular complexity index is 286. The molecule has 0 bridgehead atoms. The number of hydrogen-bond acceptors (Lipinski definition) is 2. The minimum Gasteiger partial charge on any atom is -0.298 e. The van der Waals surface area contributed by atoms with Crippen LogP contribution in [0.4, 0.5) is 0 Å². The van der Waals surface area contributed by atoms with E-state index in [1.807, 2.05) is 7.05 Å². The molecule has 1 aromatic rings. The molecule has 0 radical (unpaired) electrons. The third-order valence-electron chi connectivity index (χ3n) is 1.98. The standard InChI is InChI=1S/C8H10N2O/c1-10-4-7(5-11)8(9-10)6-2-3-6/h4-6H,2-3H2,1H3. The van der Waals surface area contributed by atoms with Gasteiger partial charge in [-0.25, -0.2) is 0 Å². The van der Waals surface area contributed by atoms with Crippen molar-refractivity contribution in [3.05, 3.63) is 17.5 Å². The second kappa shape index (κ2) is 2.19. The Balaban J connectivity index is 2.41. The molecule has 1 aliphatic carbocycles. The molecular weight excluding hydrogens is 140 g/mol. The van der Waals surface area contributed by atoms with E-state index in [0.29, 0.717) is 5.92 Å². The first kappa shape index (κ1) is 6.58. The zero-order chi connectivity index (χ0) is 7.84. The average molecular weight is 150 g/mol. The molecule has 3 nitrogen and oxygen atoms in total. The third-order valence-corrected chi connectivity index (χ3v) is 1.98. The minimum absolute atomic E-state index is 0.566. The van der Waals surface area contributed by atoms with Crippen molar-refractivity contribution in [1.82, 2.24) is 9.78 Å². The Morgan fingerprint density at radius 1 is 1.73 bits per heavy atom. The summed E-state index contributed by atoms with van der Waals surface area (Å²) in [5.74, 6) is 0.566. The van der Waals surface area contributed by atoms with E-state index >= 15 is 0 Å². The first-order valence-electron chi connectivity index (χ1n) is 3.80. The van der Waals surface area contributed by atoms with Crippen molar-refractivity contribution >= 4 is 6.29 Å². The topological polar surface area (TPSA) is 34.9 Å². The van der Waals surface area contributed by atoms with Gasteiger partial charge in [0.2, 0.25) is 0 Å². The zero-order valence-corrected chi connectivity index (χ0v) is 6.45. The summed E-state index contributed by atoms with van der Waals surface area (Å²) in [6.45, 7) is 0. The SMILES string of the molecule is Cn1cc(C=O)c(C2CC2)n1. The fourth-order valence-corrected chi connectivity index (χ4v) is 1.29. The van der Waals surface area contributed by atoms with Crippen LogP contribution in [-0.2, 0) is 7.05 Å². The summed E-state index contributed by atoms with van der Waals surface area (Å²) in [6, 6.07) is 0. The van der Waals surface area contributed by atoms with Crippen LogP contribution >= 0.6 is 0 Å². The number of aldehydes is 1. The second-order valence-corrected chi connectivity index (χ2v) is 3.04. The molecular formula is C8H10N2O. The maximum absolute atomic E-state index is 10.5. The average Bonchev–Trinajstić information content (AvgIpc) is 2.75. The van der Waals surface area contributed by atoms with Gasteiger partial charge in [-0.1, -0.05) is 0 Å². The maximum Gasteiger partial charge on any atom is 0.153 e. The minimum atomic E-state index is 0.566. The molecule has 58 valence electrons. The van der Waals surface area contributed by atoms with Gasteiger partial charge in [0.25, 0.3) is 0 Å². The lowest BCUT2D eigenvalue weighted by Gasteiger charge is -1.88. The highest BCUT2D eigenvalue weighted by atomic mass is 16.1. The van der Waals surface area contributed by atoms with Gasteiger partial charge >= 0.3 is 0 Å². The van der Waals surface area contributed by atoms with Crippen LogP contribution in [0.2, 0.25) is 0 Å². The van der Waals surface area contributed by atoms with E-state index in [1.165, 1.54) is 12.8 Å². The number of nitrogens with zero attached hydrogens (tertiary/aromatic N) is 2. The summed E-state index contributed by atoms with van der Waals surface area (Å²) in [6.07, 6.45) is 5.05. The Labute approximate surface area is 65.0 Å². The highest BCUT2D eigenvalue weighted by Gasteiger charge is 2.28. The van der Waals surface area contributed by atoms with Crippen molar-refractivity contribution < 1.29 is 4.79 Å². The Morgan fingerprint density at radius 3 is 3.00 bits per heavy atom. The van der Waals surface area contributed by atoms with E-state index in [1.54, 1.807) is 10.9 Å². The summed E-state index contributed by atoms with van der Waals surface area (Å²) in [7, 11) is 1.85. The van der Waals surface area contributed by atoms with Crippen LogP contribution in [0, 0.1) is 0 Å². The quantitative estimate of drug-likeness (QED) is 0.592. The van der Waals surface area contributed by atoms with Crippen LogP contribution in [0.15, 0.2) is 6.20 Å². The van der Waals surface area contributed by atoms with Crippen LogP contribution in [0.3, 0.4) is 0 Å². The van der Waals surface area contributed by atoms with Crippen LogP contribution in [-0.4, -0.2) is 16.1 Å². The molecule has 11 heavy (non-hydrogen) atoms. The van der Waals surface area contributed by atoms with Crippen molar-refractivity contribution in [3.63, 3.8) is 0 Å². The van der Waals surface area contributed by atoms with Gasteiger partial charge in [-0.3, -0.25) is 9.48 Å². The Hall–Kier alpha value is -1.12. The molecule has 1 heterocycles. The predicted molar refractivity (Wildman–Crippen MR) is 40.6 cm³/mol. The van der Waals surface area contributed by atoms with Crippen LogP contribution in [0.25, 0.3) is 0 Å². The van der Waals surface area contributed by atoms with Crippen LogP contribution in [0.5, 0.6) is 0 Å². The molecule has 1 aliphatic rings. The van der Waals surface area contributed by atoms with Crippen molar-refractivity contribution in [1.29, 1.82) is 0 Å². The molecule has 0 spiro atoms. The molecule has 0 unspecified atom stereocenters. The molecule has 0 aliphatic heterocycles. The van der Waals surface area contributed by atoms with E-state index in [4.69, 9.17) is 0 Å². The van der Waals surface area contributed by atoms with E-state index in [-0.39, 0.29) is 0 Å². The van der Waals surface area contributed by atoms with E-state index < -0.39 is 0 Å². The molecule has 2 rings (SSSR count). The first-order valence-corrected chi connectivity index (χ1v) is 3.80. The molecule has 1 fully saturated rings. The smallest absolute Gasteiger partial charge is 0.153 e. The molecule has 0 aromatic carbocycles. The molecule has 0 N–H and O–H groups in total. The fraction of sp³-hybridized carbons (Fsp3) is 0.500. The second-order valence-electron chi connectivity index (χ2n) is 3.04. The van der Waals surface area contributed by atoms with Gasteiger partial charge in [-0.2, -0.15) is 5.10 Å². The lowest BCUT2D eigenvalue weighted by atomic mass is 10.2. The fourth-order valence-electron chi connectivity index (χ4n) is 1.29. The Kier molecular flexibility index (Phi) is 1.31. The Morgan fingerprint density at radius 2 is 2.45 bits per heavy atom. The highest BCUT2D eigenvalue weighted by molar-refractivity contribution is 5.76. The van der Waals surface area contributed by atoms with Gasteiger partial charge in [0.05, 0.1) is 11.3 Å². The summed E-state index contributed by atoms with van der Waals surface area (Å²) in [5.41, 5.74) is 1.75. The molecule has 0 amide bonds. The normalized spacial score (nSPS) is 16.8. The van der Waals surface area contributed by atoms with E-state index in [2.05, 4.69) is 5.10 Å². The number of hydrogen-bond donors (Lipinski definition) is 0. The van der Waals surface area contributed by atoms with Gasteiger partial charge < -0.3 is 0 Å². The van der Waals surface area contributed by atoms with Crippen molar-refractivity contribution in [2.75, 3.05) is 0 Å². The maximum atomic E-state index is 10.5. The monoisotopic (exact) mass is 150 g/mol. The summed E-state index contributed by atoms with van der Waals surface area (Å²) < 4.78 is 1.71. The summed E-state index contributed by atoms with van der Waals surface area (Å²) in [4.78, 5) is 10.5. The summed E-state index contributed by atoms with van der Waals surface area (Å²) >= 11 is 0. The molecule has 3 heteroatoms. The lowest BCUT2D eigenvalue weighted by molar-refractivity contribution is 0.112. The largest absolute Gasteiger partial charge is 0.298 e. The van der Waals surface area contributed by atoms with Crippen molar-refractivity contribution in [2.24, 2.45) is 7.05 Å². The number of rotatable bonds is 2. The number of aryl methyl sites for hydroxylation is 1. The zero-order valence-electron chi connectivity index (χ0n) is 6.45. The summed E-state index contributed by atoms with van der Waals surface area (Å²) in [5, 5.41) is 4.23.